The fourth-order valence-corrected chi connectivity index (χ4v) is 3.37. The summed E-state index contributed by atoms with van der Waals surface area (Å²) in [6.07, 6.45) is -0.842. The summed E-state index contributed by atoms with van der Waals surface area (Å²) < 4.78 is 25.4. The van der Waals surface area contributed by atoms with Gasteiger partial charge in [-0.05, 0) is 48.0 Å². The predicted octanol–water partition coefficient (Wildman–Crippen LogP) is 3.67. The topological polar surface area (TPSA) is 91.3 Å². The lowest BCUT2D eigenvalue weighted by Crippen LogP contribution is -2.34. The lowest BCUT2D eigenvalue weighted by atomic mass is 10.1. The fourth-order valence-electron chi connectivity index (χ4n) is 3.37. The molecule has 3 aromatic rings. The van der Waals surface area contributed by atoms with Crippen LogP contribution in [0.4, 0.5) is 10.1 Å². The highest BCUT2D eigenvalue weighted by molar-refractivity contribution is 6.09. The Balaban J connectivity index is 1.50. The van der Waals surface area contributed by atoms with Crippen molar-refractivity contribution in [2.24, 2.45) is 0 Å². The third kappa shape index (κ3) is 4.51. The summed E-state index contributed by atoms with van der Waals surface area (Å²) in [5, 5.41) is 18.5. The molecule has 1 aliphatic heterocycles. The Hall–Kier alpha value is -3.46. The van der Waals surface area contributed by atoms with E-state index in [9.17, 15) is 14.3 Å². The Morgan fingerprint density at radius 2 is 1.84 bits per heavy atom. The molecular weight excluding hydrogens is 403 g/mol. The van der Waals surface area contributed by atoms with Gasteiger partial charge in [-0.3, -0.25) is 4.79 Å². The number of halogens is 1. The van der Waals surface area contributed by atoms with Crippen molar-refractivity contribution in [2.75, 3.05) is 24.6 Å². The summed E-state index contributed by atoms with van der Waals surface area (Å²) in [4.78, 5) is 14.7. The van der Waals surface area contributed by atoms with E-state index in [0.29, 0.717) is 28.5 Å². The van der Waals surface area contributed by atoms with Crippen molar-refractivity contribution in [1.82, 2.24) is 5.48 Å². The molecule has 7 nitrogen and oxygen atoms in total. The van der Waals surface area contributed by atoms with Crippen LogP contribution in [0, 0.1) is 5.82 Å². The molecule has 31 heavy (non-hydrogen) atoms. The van der Waals surface area contributed by atoms with Crippen LogP contribution in [0.3, 0.4) is 0 Å². The number of nitrogens with one attached hydrogen (secondary N) is 1. The monoisotopic (exact) mass is 424 g/mol. The zero-order valence-corrected chi connectivity index (χ0v) is 16.5. The number of nitrogens with zero attached hydrogens (tertiary/aromatic N) is 1. The van der Waals surface area contributed by atoms with Crippen molar-refractivity contribution in [2.45, 2.75) is 6.10 Å². The number of hydrogen-bond acceptors (Lipinski definition) is 6. The number of carbonyl (C=O) groups is 1. The molecule has 0 aliphatic carbocycles. The third-order valence-electron chi connectivity index (χ3n) is 4.93. The molecule has 0 radical (unpaired) electrons. The SMILES string of the molecule is O=C1c2cc(F)ccc2Oc2ccccc2N1CCOc1ccc([C@@H](O)CNO)cc1. The summed E-state index contributed by atoms with van der Waals surface area (Å²) in [6, 6.07) is 17.8. The van der Waals surface area contributed by atoms with Crippen LogP contribution in [0.5, 0.6) is 17.2 Å². The number of amides is 1. The predicted molar refractivity (Wildman–Crippen MR) is 111 cm³/mol. The van der Waals surface area contributed by atoms with E-state index >= 15 is 0 Å². The van der Waals surface area contributed by atoms with Crippen LogP contribution in [0.15, 0.2) is 66.7 Å². The van der Waals surface area contributed by atoms with Crippen molar-refractivity contribution < 1.29 is 29.0 Å². The third-order valence-corrected chi connectivity index (χ3v) is 4.93. The number of benzene rings is 3. The van der Waals surface area contributed by atoms with Crippen LogP contribution < -0.4 is 19.9 Å². The van der Waals surface area contributed by atoms with Crippen molar-refractivity contribution in [1.29, 1.82) is 0 Å². The standard InChI is InChI=1S/C23H21FN2O5/c24-16-7-10-21-18(13-16)23(28)26(19-3-1-2-4-22(19)31-21)11-12-30-17-8-5-15(6-9-17)20(27)14-25-29/h1-10,13,20,25,27,29H,11-12,14H2/t20-/m0/s1. The summed E-state index contributed by atoms with van der Waals surface area (Å²) >= 11 is 0. The number of para-hydroxylation sites is 2. The molecule has 1 aliphatic rings. The lowest BCUT2D eigenvalue weighted by Gasteiger charge is -2.22. The van der Waals surface area contributed by atoms with E-state index in [1.54, 1.807) is 48.5 Å². The largest absolute Gasteiger partial charge is 0.492 e. The van der Waals surface area contributed by atoms with Crippen LogP contribution in [-0.4, -0.2) is 35.9 Å². The van der Waals surface area contributed by atoms with Crippen LogP contribution >= 0.6 is 0 Å². The molecule has 0 saturated carbocycles. The van der Waals surface area contributed by atoms with Gasteiger partial charge >= 0.3 is 0 Å². The van der Waals surface area contributed by atoms with E-state index in [2.05, 4.69) is 0 Å². The molecule has 1 heterocycles. The first-order valence-electron chi connectivity index (χ1n) is 9.73. The number of aliphatic hydroxyl groups is 1. The van der Waals surface area contributed by atoms with Crippen LogP contribution in [-0.2, 0) is 0 Å². The zero-order valence-electron chi connectivity index (χ0n) is 16.5. The number of fused-ring (bicyclic) bond motifs is 2. The van der Waals surface area contributed by atoms with Gasteiger partial charge in [-0.2, -0.15) is 0 Å². The number of ether oxygens (including phenoxy) is 2. The molecule has 4 rings (SSSR count). The molecule has 0 aromatic heterocycles. The number of aliphatic hydroxyl groups excluding tert-OH is 1. The molecule has 160 valence electrons. The Labute approximate surface area is 178 Å². The second kappa shape index (κ2) is 9.13. The molecule has 8 heteroatoms. The van der Waals surface area contributed by atoms with Crippen LogP contribution in [0.1, 0.15) is 22.0 Å². The van der Waals surface area contributed by atoms with Crippen LogP contribution in [0.25, 0.3) is 0 Å². The molecular formula is C23H21FN2O5. The fraction of sp³-hybridized carbons (Fsp3) is 0.174. The highest BCUT2D eigenvalue weighted by Crippen LogP contribution is 2.38. The Bertz CT molecular complexity index is 1070. The molecule has 1 atom stereocenters. The molecule has 3 aromatic carbocycles. The normalized spacial score (nSPS) is 13.6. The maximum absolute atomic E-state index is 13.8. The minimum absolute atomic E-state index is 0.0147. The zero-order chi connectivity index (χ0) is 21.8. The van der Waals surface area contributed by atoms with Crippen molar-refractivity contribution in [3.63, 3.8) is 0 Å². The molecule has 1 amide bonds. The van der Waals surface area contributed by atoms with Crippen molar-refractivity contribution >= 4 is 11.6 Å². The summed E-state index contributed by atoms with van der Waals surface area (Å²) in [5.74, 6) is 0.464. The Morgan fingerprint density at radius 3 is 2.61 bits per heavy atom. The average molecular weight is 424 g/mol. The van der Waals surface area contributed by atoms with E-state index in [4.69, 9.17) is 14.7 Å². The minimum Gasteiger partial charge on any atom is -0.492 e. The highest BCUT2D eigenvalue weighted by atomic mass is 19.1. The number of anilines is 1. The van der Waals surface area contributed by atoms with E-state index in [1.165, 1.54) is 23.1 Å². The minimum atomic E-state index is -0.842. The number of hydrogen-bond donors (Lipinski definition) is 3. The van der Waals surface area contributed by atoms with Gasteiger partial charge in [-0.1, -0.05) is 24.3 Å². The first-order chi connectivity index (χ1) is 15.1. The average Bonchev–Trinajstić information content (AvgIpc) is 2.89. The maximum atomic E-state index is 13.8. The van der Waals surface area contributed by atoms with Gasteiger partial charge in [0.2, 0.25) is 0 Å². The quantitative estimate of drug-likeness (QED) is 0.502. The molecule has 3 N–H and O–H groups in total. The summed E-state index contributed by atoms with van der Waals surface area (Å²) in [5.41, 5.74) is 3.27. The smallest absolute Gasteiger partial charge is 0.262 e. The summed E-state index contributed by atoms with van der Waals surface area (Å²) in [6.45, 7) is 0.416. The number of carbonyl (C=O) groups excluding carboxylic acids is 1. The first-order valence-corrected chi connectivity index (χ1v) is 9.73. The van der Waals surface area contributed by atoms with Gasteiger partial charge in [-0.15, -0.1) is 0 Å². The van der Waals surface area contributed by atoms with Gasteiger partial charge < -0.3 is 24.7 Å². The van der Waals surface area contributed by atoms with Gasteiger partial charge in [0.05, 0.1) is 30.4 Å². The number of hydroxylamine groups is 1. The van der Waals surface area contributed by atoms with Gasteiger partial charge in [0.1, 0.15) is 23.9 Å². The van der Waals surface area contributed by atoms with Gasteiger partial charge in [-0.25, -0.2) is 9.87 Å². The van der Waals surface area contributed by atoms with Crippen molar-refractivity contribution in [3.05, 3.63) is 83.7 Å². The Kier molecular flexibility index (Phi) is 6.13. The number of rotatable bonds is 7. The van der Waals surface area contributed by atoms with Gasteiger partial charge in [0, 0.05) is 0 Å². The molecule has 0 bridgehead atoms. The molecule has 0 fully saturated rings. The second-order valence-corrected chi connectivity index (χ2v) is 6.96. The summed E-state index contributed by atoms with van der Waals surface area (Å²) in [7, 11) is 0. The molecule has 0 saturated heterocycles. The van der Waals surface area contributed by atoms with Crippen molar-refractivity contribution in [3.8, 4) is 17.2 Å². The second-order valence-electron chi connectivity index (χ2n) is 6.96. The molecule has 0 unspecified atom stereocenters. The van der Waals surface area contributed by atoms with E-state index < -0.39 is 11.9 Å². The highest BCUT2D eigenvalue weighted by Gasteiger charge is 2.28. The van der Waals surface area contributed by atoms with Gasteiger partial charge in [0.25, 0.3) is 5.91 Å². The van der Waals surface area contributed by atoms with Crippen LogP contribution in [0.2, 0.25) is 0 Å². The Morgan fingerprint density at radius 1 is 1.06 bits per heavy atom. The van der Waals surface area contributed by atoms with E-state index in [1.807, 2.05) is 5.48 Å². The van der Waals surface area contributed by atoms with Gasteiger partial charge in [0.15, 0.2) is 5.75 Å². The van der Waals surface area contributed by atoms with E-state index in [-0.39, 0.29) is 31.2 Å². The maximum Gasteiger partial charge on any atom is 0.262 e. The van der Waals surface area contributed by atoms with E-state index in [0.717, 1.165) is 0 Å². The lowest BCUT2D eigenvalue weighted by molar-refractivity contribution is 0.0920. The first kappa shape index (κ1) is 20.8. The molecule has 0 spiro atoms.